The molecule has 1 saturated heterocycles. The van der Waals surface area contributed by atoms with Crippen LogP contribution in [-0.4, -0.2) is 43.7 Å². The molecule has 0 bridgehead atoms. The van der Waals surface area contributed by atoms with Crippen molar-refractivity contribution in [3.63, 3.8) is 0 Å². The summed E-state index contributed by atoms with van der Waals surface area (Å²) >= 11 is 1.41. The van der Waals surface area contributed by atoms with Crippen molar-refractivity contribution in [3.05, 3.63) is 22.6 Å². The number of carbonyl (C=O) groups excluding carboxylic acids is 1. The molecule has 3 heterocycles. The van der Waals surface area contributed by atoms with Crippen LogP contribution < -0.4 is 5.32 Å². The second kappa shape index (κ2) is 10.1. The quantitative estimate of drug-likeness (QED) is 0.624. The van der Waals surface area contributed by atoms with Gasteiger partial charge in [-0.25, -0.2) is 0 Å². The summed E-state index contributed by atoms with van der Waals surface area (Å²) in [4.78, 5) is 12.9. The Hall–Kier alpha value is -2.31. The number of hydrogen-bond donors (Lipinski definition) is 1. The molecular weight excluding hydrogens is 424 g/mol. The Kier molecular flexibility index (Phi) is 7.21. The summed E-state index contributed by atoms with van der Waals surface area (Å²) in [6.45, 7) is 7.32. The standard InChI is InChI=1S/C23H32N6O2S/c1-15-16(2)28(13-19-10-7-11-31-19)22(20(15)12-24)25-21(30)14-32-23-27-26-17(3)29(23)18-8-5-4-6-9-18/h18-19H,4-11,13-14H2,1-3H3,(H,25,30)/t19-/m0/s1. The molecule has 1 N–H and O–H groups in total. The molecule has 0 aromatic carbocycles. The van der Waals surface area contributed by atoms with Crippen molar-refractivity contribution in [2.45, 2.75) is 89.6 Å². The maximum atomic E-state index is 12.9. The minimum Gasteiger partial charge on any atom is -0.376 e. The summed E-state index contributed by atoms with van der Waals surface area (Å²) in [7, 11) is 0. The van der Waals surface area contributed by atoms with E-state index in [9.17, 15) is 10.1 Å². The van der Waals surface area contributed by atoms with Crippen molar-refractivity contribution in [1.82, 2.24) is 19.3 Å². The number of hydrogen-bond acceptors (Lipinski definition) is 6. The average molecular weight is 457 g/mol. The van der Waals surface area contributed by atoms with Crippen LogP contribution in [0.3, 0.4) is 0 Å². The van der Waals surface area contributed by atoms with Crippen molar-refractivity contribution in [1.29, 1.82) is 5.26 Å². The zero-order chi connectivity index (χ0) is 22.7. The van der Waals surface area contributed by atoms with E-state index in [4.69, 9.17) is 4.74 Å². The molecule has 1 atom stereocenters. The number of aromatic nitrogens is 4. The molecule has 1 amide bonds. The largest absolute Gasteiger partial charge is 0.376 e. The number of carbonyl (C=O) groups is 1. The monoisotopic (exact) mass is 456 g/mol. The van der Waals surface area contributed by atoms with E-state index in [-0.39, 0.29) is 17.8 Å². The van der Waals surface area contributed by atoms with Gasteiger partial charge in [0.05, 0.1) is 24.0 Å². The highest BCUT2D eigenvalue weighted by atomic mass is 32.2. The Bertz CT molecular complexity index is 1010. The minimum absolute atomic E-state index is 0.120. The van der Waals surface area contributed by atoms with Crippen LogP contribution in [-0.2, 0) is 16.1 Å². The molecule has 2 aromatic heterocycles. The van der Waals surface area contributed by atoms with Crippen LogP contribution >= 0.6 is 11.8 Å². The van der Waals surface area contributed by atoms with E-state index in [2.05, 4.69) is 26.2 Å². The third kappa shape index (κ3) is 4.71. The number of rotatable bonds is 7. The molecule has 2 aliphatic rings. The van der Waals surface area contributed by atoms with Gasteiger partial charge in [0.25, 0.3) is 0 Å². The van der Waals surface area contributed by atoms with E-state index in [0.29, 0.717) is 24.0 Å². The third-order valence-corrected chi connectivity index (χ3v) is 7.66. The summed E-state index contributed by atoms with van der Waals surface area (Å²) in [6.07, 6.45) is 8.18. The van der Waals surface area contributed by atoms with Gasteiger partial charge in [-0.2, -0.15) is 5.26 Å². The lowest BCUT2D eigenvalue weighted by atomic mass is 9.95. The van der Waals surface area contributed by atoms with Crippen molar-refractivity contribution >= 4 is 23.5 Å². The summed E-state index contributed by atoms with van der Waals surface area (Å²) < 4.78 is 10.0. The van der Waals surface area contributed by atoms with Gasteiger partial charge in [-0.05, 0) is 52.0 Å². The Morgan fingerprint density at radius 2 is 1.97 bits per heavy atom. The van der Waals surface area contributed by atoms with E-state index < -0.39 is 0 Å². The highest BCUT2D eigenvalue weighted by Crippen LogP contribution is 2.33. The number of aryl methyl sites for hydroxylation is 1. The maximum Gasteiger partial charge on any atom is 0.235 e. The van der Waals surface area contributed by atoms with Gasteiger partial charge in [0, 0.05) is 18.3 Å². The van der Waals surface area contributed by atoms with E-state index in [1.54, 1.807) is 0 Å². The molecule has 0 unspecified atom stereocenters. The SMILES string of the molecule is Cc1c(C#N)c(NC(=O)CSc2nnc(C)n2C2CCCCC2)n(C[C@@H]2CCCO2)c1C. The fourth-order valence-electron chi connectivity index (χ4n) is 4.86. The molecule has 2 fully saturated rings. The zero-order valence-electron chi connectivity index (χ0n) is 19.2. The van der Waals surface area contributed by atoms with E-state index in [1.807, 2.05) is 25.3 Å². The first-order valence-corrected chi connectivity index (χ1v) is 12.5. The average Bonchev–Trinajstić information content (AvgIpc) is 3.49. The van der Waals surface area contributed by atoms with Crippen molar-refractivity contribution < 1.29 is 9.53 Å². The van der Waals surface area contributed by atoms with E-state index >= 15 is 0 Å². The van der Waals surface area contributed by atoms with Crippen molar-refractivity contribution in [2.24, 2.45) is 0 Å². The molecule has 8 nitrogen and oxygen atoms in total. The number of nitrogens with one attached hydrogen (secondary N) is 1. The zero-order valence-corrected chi connectivity index (χ0v) is 20.0. The van der Waals surface area contributed by atoms with Crippen LogP contribution in [0, 0.1) is 32.1 Å². The Morgan fingerprint density at radius 3 is 2.66 bits per heavy atom. The summed E-state index contributed by atoms with van der Waals surface area (Å²) in [6, 6.07) is 2.69. The first kappa shape index (κ1) is 22.9. The van der Waals surface area contributed by atoms with Gasteiger partial charge in [0.2, 0.25) is 5.91 Å². The Labute approximate surface area is 193 Å². The fourth-order valence-corrected chi connectivity index (χ4v) is 5.71. The predicted octanol–water partition coefficient (Wildman–Crippen LogP) is 4.29. The first-order chi connectivity index (χ1) is 15.5. The van der Waals surface area contributed by atoms with Gasteiger partial charge in [-0.1, -0.05) is 31.0 Å². The van der Waals surface area contributed by atoms with Gasteiger partial charge in [0.15, 0.2) is 5.16 Å². The summed E-state index contributed by atoms with van der Waals surface area (Å²) in [5.74, 6) is 1.56. The molecule has 1 saturated carbocycles. The highest BCUT2D eigenvalue weighted by molar-refractivity contribution is 7.99. The molecule has 172 valence electrons. The van der Waals surface area contributed by atoms with E-state index in [0.717, 1.165) is 54.5 Å². The molecule has 9 heteroatoms. The van der Waals surface area contributed by atoms with Crippen LogP contribution in [0.25, 0.3) is 0 Å². The Morgan fingerprint density at radius 1 is 1.19 bits per heavy atom. The molecular formula is C23H32N6O2S. The van der Waals surface area contributed by atoms with Gasteiger partial charge in [-0.15, -0.1) is 10.2 Å². The fraction of sp³-hybridized carbons (Fsp3) is 0.652. The predicted molar refractivity (Wildman–Crippen MR) is 124 cm³/mol. The molecule has 1 aliphatic heterocycles. The number of ether oxygens (including phenoxy) is 1. The molecule has 0 radical (unpaired) electrons. The lowest BCUT2D eigenvalue weighted by Crippen LogP contribution is -2.22. The number of thioether (sulfide) groups is 1. The number of anilines is 1. The lowest BCUT2D eigenvalue weighted by Gasteiger charge is -2.24. The molecule has 1 aliphatic carbocycles. The summed E-state index contributed by atoms with van der Waals surface area (Å²) in [5.41, 5.74) is 2.42. The molecule has 2 aromatic rings. The van der Waals surface area contributed by atoms with Crippen LogP contribution in [0.5, 0.6) is 0 Å². The highest BCUT2D eigenvalue weighted by Gasteiger charge is 2.25. The Balaban J connectivity index is 1.47. The lowest BCUT2D eigenvalue weighted by molar-refractivity contribution is -0.113. The normalized spacial score (nSPS) is 19.2. The van der Waals surface area contributed by atoms with Gasteiger partial charge >= 0.3 is 0 Å². The van der Waals surface area contributed by atoms with E-state index in [1.165, 1.54) is 31.0 Å². The van der Waals surface area contributed by atoms with Crippen LogP contribution in [0.15, 0.2) is 5.16 Å². The molecule has 32 heavy (non-hydrogen) atoms. The number of nitriles is 1. The second-order valence-electron chi connectivity index (χ2n) is 8.82. The number of nitrogens with zero attached hydrogens (tertiary/aromatic N) is 5. The summed E-state index contributed by atoms with van der Waals surface area (Å²) in [5, 5.41) is 22.1. The molecule has 4 rings (SSSR count). The minimum atomic E-state index is -0.145. The number of amides is 1. The topological polar surface area (TPSA) is 97.8 Å². The van der Waals surface area contributed by atoms with Crippen LogP contribution in [0.4, 0.5) is 5.82 Å². The maximum absolute atomic E-state index is 12.9. The van der Waals surface area contributed by atoms with Gasteiger partial charge in [-0.3, -0.25) is 4.79 Å². The molecule has 0 spiro atoms. The van der Waals surface area contributed by atoms with Crippen LogP contribution in [0.2, 0.25) is 0 Å². The second-order valence-corrected chi connectivity index (χ2v) is 9.76. The van der Waals surface area contributed by atoms with Crippen LogP contribution in [0.1, 0.15) is 73.6 Å². The van der Waals surface area contributed by atoms with Gasteiger partial charge < -0.3 is 19.2 Å². The van der Waals surface area contributed by atoms with Gasteiger partial charge in [0.1, 0.15) is 17.7 Å². The third-order valence-electron chi connectivity index (χ3n) is 6.72. The van der Waals surface area contributed by atoms with Crippen molar-refractivity contribution in [3.8, 4) is 6.07 Å². The first-order valence-electron chi connectivity index (χ1n) is 11.5. The van der Waals surface area contributed by atoms with Crippen molar-refractivity contribution in [2.75, 3.05) is 17.7 Å². The smallest absolute Gasteiger partial charge is 0.235 e.